The normalized spacial score (nSPS) is 20.1. The number of likely N-dealkylation sites (N-methyl/N-ethyl adjacent to an activating group) is 1. The summed E-state index contributed by atoms with van der Waals surface area (Å²) in [6.45, 7) is 7.54. The van der Waals surface area contributed by atoms with Gasteiger partial charge in [0.25, 0.3) is 0 Å². The number of thioether (sulfide) groups is 1. The maximum Gasteiger partial charge on any atom is 0.0615 e. The summed E-state index contributed by atoms with van der Waals surface area (Å²) in [6.07, 6.45) is 0. The molecule has 0 fully saturated rings. The van der Waals surface area contributed by atoms with Crippen LogP contribution in [-0.2, 0) is 4.74 Å². The molecule has 0 amide bonds. The van der Waals surface area contributed by atoms with Crippen LogP contribution in [0.1, 0.15) is 25.3 Å². The van der Waals surface area contributed by atoms with Gasteiger partial charge in [-0.05, 0) is 25.1 Å². The quantitative estimate of drug-likeness (QED) is 0.783. The van der Waals surface area contributed by atoms with Crippen molar-refractivity contribution in [2.45, 2.75) is 30.7 Å². The summed E-state index contributed by atoms with van der Waals surface area (Å²) in [5, 5.41) is 0. The van der Waals surface area contributed by atoms with E-state index in [4.69, 9.17) is 4.74 Å². The largest absolute Gasteiger partial charge is 0.383 e. The summed E-state index contributed by atoms with van der Waals surface area (Å²) in [4.78, 5) is 3.99. The van der Waals surface area contributed by atoms with Crippen molar-refractivity contribution < 1.29 is 4.74 Å². The van der Waals surface area contributed by atoms with E-state index >= 15 is 0 Å². The number of rotatable bonds is 6. The van der Waals surface area contributed by atoms with Gasteiger partial charge in [-0.3, -0.25) is 4.90 Å². The van der Waals surface area contributed by atoms with Crippen molar-refractivity contribution in [3.8, 4) is 0 Å². The number of fused-ring (bicyclic) bond motifs is 1. The van der Waals surface area contributed by atoms with Crippen molar-refractivity contribution in [2.75, 3.05) is 32.6 Å². The summed E-state index contributed by atoms with van der Waals surface area (Å²) in [5.41, 5.74) is 1.53. The van der Waals surface area contributed by atoms with Crippen molar-refractivity contribution in [3.05, 3.63) is 29.8 Å². The molecular formula is C15H23NOS. The highest BCUT2D eigenvalue weighted by Crippen LogP contribution is 2.39. The fourth-order valence-corrected chi connectivity index (χ4v) is 3.87. The van der Waals surface area contributed by atoms with Crippen molar-refractivity contribution in [2.24, 2.45) is 0 Å². The molecule has 3 heteroatoms. The van der Waals surface area contributed by atoms with Crippen LogP contribution in [0.2, 0.25) is 0 Å². The van der Waals surface area contributed by atoms with Gasteiger partial charge in [0.1, 0.15) is 0 Å². The molecule has 1 aromatic rings. The Balaban J connectivity index is 2.01. The molecular weight excluding hydrogens is 242 g/mol. The van der Waals surface area contributed by atoms with E-state index in [-0.39, 0.29) is 0 Å². The van der Waals surface area contributed by atoms with Gasteiger partial charge in [-0.1, -0.05) is 25.1 Å². The first kappa shape index (κ1) is 13.9. The second-order valence-electron chi connectivity index (χ2n) is 4.94. The highest BCUT2D eigenvalue weighted by atomic mass is 32.2. The average Bonchev–Trinajstić information content (AvgIpc) is 2.79. The van der Waals surface area contributed by atoms with Crippen LogP contribution in [0.15, 0.2) is 29.2 Å². The molecule has 2 nitrogen and oxygen atoms in total. The van der Waals surface area contributed by atoms with E-state index in [1.165, 1.54) is 16.2 Å². The lowest BCUT2D eigenvalue weighted by atomic mass is 10.0. The van der Waals surface area contributed by atoms with Gasteiger partial charge in [0, 0.05) is 36.3 Å². The second-order valence-corrected chi connectivity index (χ2v) is 6.00. The Kier molecular flexibility index (Phi) is 5.10. The molecule has 0 saturated heterocycles. The lowest BCUT2D eigenvalue weighted by Crippen LogP contribution is -2.39. The van der Waals surface area contributed by atoms with E-state index in [9.17, 15) is 0 Å². The molecule has 100 valence electrons. The molecule has 1 aliphatic rings. The minimum Gasteiger partial charge on any atom is -0.383 e. The smallest absolute Gasteiger partial charge is 0.0615 e. The number of hydrogen-bond acceptors (Lipinski definition) is 3. The first-order chi connectivity index (χ1) is 8.76. The Morgan fingerprint density at radius 3 is 2.94 bits per heavy atom. The van der Waals surface area contributed by atoms with Crippen LogP contribution in [0.5, 0.6) is 0 Å². The summed E-state index contributed by atoms with van der Waals surface area (Å²) in [6, 6.07) is 9.33. The summed E-state index contributed by atoms with van der Waals surface area (Å²) < 4.78 is 5.27. The lowest BCUT2D eigenvalue weighted by Gasteiger charge is -2.29. The van der Waals surface area contributed by atoms with Crippen LogP contribution in [-0.4, -0.2) is 43.5 Å². The molecule has 1 heterocycles. The molecule has 0 aromatic heterocycles. The van der Waals surface area contributed by atoms with Gasteiger partial charge in [-0.15, -0.1) is 11.8 Å². The molecule has 18 heavy (non-hydrogen) atoms. The molecule has 0 spiro atoms. The molecule has 2 atom stereocenters. The standard InChI is InChI=1S/C15H23NOS/c1-4-16(12(2)10-17-3)9-13-11-18-15-8-6-5-7-14(13)15/h5-8,12-13H,4,9-11H2,1-3H3. The van der Waals surface area contributed by atoms with Crippen molar-refractivity contribution >= 4 is 11.8 Å². The van der Waals surface area contributed by atoms with E-state index in [2.05, 4.69) is 43.0 Å². The van der Waals surface area contributed by atoms with Gasteiger partial charge < -0.3 is 4.74 Å². The van der Waals surface area contributed by atoms with Crippen LogP contribution >= 0.6 is 11.8 Å². The molecule has 0 N–H and O–H groups in total. The van der Waals surface area contributed by atoms with Crippen LogP contribution in [0, 0.1) is 0 Å². The maximum atomic E-state index is 5.27. The van der Waals surface area contributed by atoms with Crippen molar-refractivity contribution in [1.29, 1.82) is 0 Å². The van der Waals surface area contributed by atoms with E-state index in [1.54, 1.807) is 7.11 Å². The first-order valence-corrected chi connectivity index (χ1v) is 7.69. The van der Waals surface area contributed by atoms with E-state index in [0.29, 0.717) is 12.0 Å². The predicted molar refractivity (Wildman–Crippen MR) is 78.5 cm³/mol. The van der Waals surface area contributed by atoms with Gasteiger partial charge in [0.15, 0.2) is 0 Å². The Bertz CT molecular complexity index is 383. The molecule has 0 bridgehead atoms. The molecule has 1 aromatic carbocycles. The zero-order valence-electron chi connectivity index (χ0n) is 11.6. The van der Waals surface area contributed by atoms with Crippen molar-refractivity contribution in [1.82, 2.24) is 4.90 Å². The molecule has 2 rings (SSSR count). The van der Waals surface area contributed by atoms with Gasteiger partial charge in [-0.25, -0.2) is 0 Å². The molecule has 1 aliphatic heterocycles. The summed E-state index contributed by atoms with van der Waals surface area (Å²) in [5.74, 6) is 1.89. The number of hydrogen-bond donors (Lipinski definition) is 0. The highest BCUT2D eigenvalue weighted by molar-refractivity contribution is 7.99. The topological polar surface area (TPSA) is 12.5 Å². The second kappa shape index (κ2) is 6.60. The summed E-state index contributed by atoms with van der Waals surface area (Å²) >= 11 is 2.00. The Hall–Kier alpha value is -0.510. The molecule has 0 saturated carbocycles. The third kappa shape index (κ3) is 3.08. The van der Waals surface area contributed by atoms with Crippen LogP contribution in [0.25, 0.3) is 0 Å². The number of ether oxygens (including phenoxy) is 1. The van der Waals surface area contributed by atoms with Gasteiger partial charge >= 0.3 is 0 Å². The lowest BCUT2D eigenvalue weighted by molar-refractivity contribution is 0.0997. The van der Waals surface area contributed by atoms with Crippen molar-refractivity contribution in [3.63, 3.8) is 0 Å². The Morgan fingerprint density at radius 2 is 2.22 bits per heavy atom. The monoisotopic (exact) mass is 265 g/mol. The predicted octanol–water partition coefficient (Wildman–Crippen LogP) is 3.23. The Morgan fingerprint density at radius 1 is 1.44 bits per heavy atom. The molecule has 2 unspecified atom stereocenters. The van der Waals surface area contributed by atoms with Crippen LogP contribution in [0.3, 0.4) is 0 Å². The first-order valence-electron chi connectivity index (χ1n) is 6.71. The van der Waals surface area contributed by atoms with Gasteiger partial charge in [-0.2, -0.15) is 0 Å². The van der Waals surface area contributed by atoms with E-state index < -0.39 is 0 Å². The van der Waals surface area contributed by atoms with E-state index in [0.717, 1.165) is 19.7 Å². The third-order valence-electron chi connectivity index (χ3n) is 3.69. The summed E-state index contributed by atoms with van der Waals surface area (Å²) in [7, 11) is 1.78. The van der Waals surface area contributed by atoms with E-state index in [1.807, 2.05) is 11.8 Å². The third-order valence-corrected chi connectivity index (χ3v) is 4.94. The zero-order valence-corrected chi connectivity index (χ0v) is 12.4. The SMILES string of the molecule is CCN(CC1CSc2ccccc21)C(C)COC. The number of nitrogens with zero attached hydrogens (tertiary/aromatic N) is 1. The van der Waals surface area contributed by atoms with Crippen LogP contribution in [0.4, 0.5) is 0 Å². The molecule has 0 aliphatic carbocycles. The number of benzene rings is 1. The van der Waals surface area contributed by atoms with Gasteiger partial charge in [0.05, 0.1) is 6.61 Å². The number of methoxy groups -OCH3 is 1. The maximum absolute atomic E-state index is 5.27. The molecule has 0 radical (unpaired) electrons. The van der Waals surface area contributed by atoms with Gasteiger partial charge in [0.2, 0.25) is 0 Å². The Labute approximate surface area is 115 Å². The minimum atomic E-state index is 0.498. The highest BCUT2D eigenvalue weighted by Gasteiger charge is 2.25. The average molecular weight is 265 g/mol. The zero-order chi connectivity index (χ0) is 13.0. The van der Waals surface area contributed by atoms with Crippen LogP contribution < -0.4 is 0 Å². The fourth-order valence-electron chi connectivity index (χ4n) is 2.63. The fraction of sp³-hybridized carbons (Fsp3) is 0.600. The minimum absolute atomic E-state index is 0.498.